The molecule has 0 bridgehead atoms. The molecule has 0 amide bonds. The molecule has 0 spiro atoms. The minimum atomic E-state index is -4.63. The van der Waals surface area contributed by atoms with E-state index in [1.54, 1.807) is 6.92 Å². The van der Waals surface area contributed by atoms with Gasteiger partial charge in [-0.05, 0) is 44.5 Å². The van der Waals surface area contributed by atoms with Crippen LogP contribution >= 0.6 is 11.6 Å². The summed E-state index contributed by atoms with van der Waals surface area (Å²) in [4.78, 5) is 15.1. The van der Waals surface area contributed by atoms with E-state index in [1.165, 1.54) is 24.3 Å². The summed E-state index contributed by atoms with van der Waals surface area (Å²) in [7, 11) is 0. The highest BCUT2D eigenvalue weighted by atomic mass is 35.5. The first-order chi connectivity index (χ1) is 15.9. The normalized spacial score (nSPS) is 13.1. The van der Waals surface area contributed by atoms with Crippen LogP contribution in [0.3, 0.4) is 0 Å². The summed E-state index contributed by atoms with van der Waals surface area (Å²) in [6.45, 7) is 5.27. The minimum Gasteiger partial charge on any atom is -0.491 e. The first kappa shape index (κ1) is 27.4. The standard InChI is InChI=1S/C23H25ClF3NO6/c1-4-14(22(30)31)7-15-5-6-18(33-12-17(29)11-32-13(2)3)9-20(15)34-21-19(24)8-16(10-28-21)23(25,26)27/h5-10,13,17,29H,4,11-12H2,1-3H3,(H,30,31). The van der Waals surface area contributed by atoms with Gasteiger partial charge in [-0.3, -0.25) is 0 Å². The number of aliphatic carboxylic acids is 1. The van der Waals surface area contributed by atoms with Crippen molar-refractivity contribution >= 4 is 23.6 Å². The second kappa shape index (κ2) is 12.0. The van der Waals surface area contributed by atoms with Crippen molar-refractivity contribution in [3.8, 4) is 17.4 Å². The van der Waals surface area contributed by atoms with E-state index in [2.05, 4.69) is 4.98 Å². The monoisotopic (exact) mass is 503 g/mol. The van der Waals surface area contributed by atoms with Gasteiger partial charge in [0.2, 0.25) is 5.88 Å². The number of aliphatic hydroxyl groups excluding tert-OH is 1. The Balaban J connectivity index is 2.35. The van der Waals surface area contributed by atoms with Crippen molar-refractivity contribution in [2.75, 3.05) is 13.2 Å². The molecule has 2 aromatic rings. The van der Waals surface area contributed by atoms with E-state index in [1.807, 2.05) is 13.8 Å². The summed E-state index contributed by atoms with van der Waals surface area (Å²) < 4.78 is 55.2. The maximum atomic E-state index is 12.9. The Morgan fingerprint density at radius 3 is 2.50 bits per heavy atom. The summed E-state index contributed by atoms with van der Waals surface area (Å²) in [6, 6.07) is 5.12. The van der Waals surface area contributed by atoms with Gasteiger partial charge in [0, 0.05) is 23.4 Å². The molecule has 0 aliphatic heterocycles. The number of benzene rings is 1. The fraction of sp³-hybridized carbons (Fsp3) is 0.391. The number of hydrogen-bond acceptors (Lipinski definition) is 6. The third-order valence-electron chi connectivity index (χ3n) is 4.38. The second-order valence-corrected chi connectivity index (χ2v) is 7.89. The zero-order valence-corrected chi connectivity index (χ0v) is 19.5. The van der Waals surface area contributed by atoms with Gasteiger partial charge in [-0.25, -0.2) is 9.78 Å². The fourth-order valence-electron chi connectivity index (χ4n) is 2.62. The van der Waals surface area contributed by atoms with Gasteiger partial charge in [-0.1, -0.05) is 18.5 Å². The second-order valence-electron chi connectivity index (χ2n) is 7.49. The van der Waals surface area contributed by atoms with Crippen LogP contribution in [0.15, 0.2) is 36.0 Å². The van der Waals surface area contributed by atoms with Gasteiger partial charge in [0.25, 0.3) is 0 Å². The molecule has 186 valence electrons. The number of alkyl halides is 3. The van der Waals surface area contributed by atoms with E-state index < -0.39 is 23.8 Å². The van der Waals surface area contributed by atoms with Crippen molar-refractivity contribution in [2.24, 2.45) is 0 Å². The molecule has 0 saturated heterocycles. The van der Waals surface area contributed by atoms with E-state index in [0.717, 1.165) is 0 Å². The number of carboxylic acids is 1. The lowest BCUT2D eigenvalue weighted by molar-refractivity contribution is -0.138. The quantitative estimate of drug-likeness (QED) is 0.386. The van der Waals surface area contributed by atoms with Crippen molar-refractivity contribution in [1.29, 1.82) is 0 Å². The van der Waals surface area contributed by atoms with E-state index >= 15 is 0 Å². The Kier molecular flexibility index (Phi) is 9.72. The van der Waals surface area contributed by atoms with Crippen LogP contribution in [0.5, 0.6) is 17.4 Å². The maximum absolute atomic E-state index is 12.9. The molecule has 11 heteroatoms. The summed E-state index contributed by atoms with van der Waals surface area (Å²) in [5, 5.41) is 18.9. The Hall–Kier alpha value is -2.82. The Morgan fingerprint density at radius 1 is 1.24 bits per heavy atom. The maximum Gasteiger partial charge on any atom is 0.417 e. The van der Waals surface area contributed by atoms with Crippen LogP contribution in [0.2, 0.25) is 5.02 Å². The highest BCUT2D eigenvalue weighted by Gasteiger charge is 2.32. The van der Waals surface area contributed by atoms with Gasteiger partial charge in [-0.15, -0.1) is 0 Å². The molecule has 0 aliphatic rings. The molecule has 0 radical (unpaired) electrons. The number of halogens is 4. The molecule has 1 aromatic heterocycles. The van der Waals surface area contributed by atoms with E-state index in [0.29, 0.717) is 17.8 Å². The van der Waals surface area contributed by atoms with Gasteiger partial charge < -0.3 is 24.4 Å². The van der Waals surface area contributed by atoms with E-state index in [4.69, 9.17) is 25.8 Å². The average molecular weight is 504 g/mol. The molecule has 1 aromatic carbocycles. The first-order valence-corrected chi connectivity index (χ1v) is 10.7. The van der Waals surface area contributed by atoms with Gasteiger partial charge >= 0.3 is 12.1 Å². The average Bonchev–Trinajstić information content (AvgIpc) is 2.75. The molecule has 7 nitrogen and oxygen atoms in total. The summed E-state index contributed by atoms with van der Waals surface area (Å²) in [6.07, 6.45) is -3.44. The SMILES string of the molecule is CCC(=Cc1ccc(OCC(O)COC(C)C)cc1Oc1ncc(C(F)(F)F)cc1Cl)C(=O)O. The Labute approximate surface area is 199 Å². The predicted octanol–water partition coefficient (Wildman–Crippen LogP) is 5.59. The largest absolute Gasteiger partial charge is 0.491 e. The van der Waals surface area contributed by atoms with Gasteiger partial charge in [-0.2, -0.15) is 13.2 Å². The highest BCUT2D eigenvalue weighted by Crippen LogP contribution is 2.37. The molecule has 0 fully saturated rings. The summed E-state index contributed by atoms with van der Waals surface area (Å²) in [5.74, 6) is -1.13. The molecule has 0 aliphatic carbocycles. The zero-order chi connectivity index (χ0) is 25.5. The molecular formula is C23H25ClF3NO6. The van der Waals surface area contributed by atoms with Crippen LogP contribution in [0.25, 0.3) is 6.08 Å². The lowest BCUT2D eigenvalue weighted by atomic mass is 10.1. The Bertz CT molecular complexity index is 1030. The van der Waals surface area contributed by atoms with Crippen LogP contribution in [0.4, 0.5) is 13.2 Å². The van der Waals surface area contributed by atoms with Crippen molar-refractivity contribution in [3.63, 3.8) is 0 Å². The number of aliphatic hydroxyl groups is 1. The van der Waals surface area contributed by atoms with Crippen molar-refractivity contribution in [3.05, 3.63) is 52.2 Å². The summed E-state index contributed by atoms with van der Waals surface area (Å²) in [5.41, 5.74) is -0.655. The molecule has 1 atom stereocenters. The van der Waals surface area contributed by atoms with Crippen molar-refractivity contribution < 1.29 is 42.4 Å². The number of hydrogen-bond donors (Lipinski definition) is 2. The van der Waals surface area contributed by atoms with Crippen molar-refractivity contribution in [2.45, 2.75) is 45.6 Å². The first-order valence-electron chi connectivity index (χ1n) is 10.3. The zero-order valence-electron chi connectivity index (χ0n) is 18.7. The summed E-state index contributed by atoms with van der Waals surface area (Å²) >= 11 is 5.95. The van der Waals surface area contributed by atoms with E-state index in [-0.39, 0.29) is 53.7 Å². The van der Waals surface area contributed by atoms with E-state index in [9.17, 15) is 28.2 Å². The lowest BCUT2D eigenvalue weighted by Crippen LogP contribution is -2.25. The van der Waals surface area contributed by atoms with Crippen LogP contribution in [-0.2, 0) is 15.7 Å². The molecule has 2 rings (SSSR count). The fourth-order valence-corrected chi connectivity index (χ4v) is 2.82. The van der Waals surface area contributed by atoms with Crippen LogP contribution in [0.1, 0.15) is 38.3 Å². The van der Waals surface area contributed by atoms with Gasteiger partial charge in [0.1, 0.15) is 29.2 Å². The number of nitrogens with zero attached hydrogens (tertiary/aromatic N) is 1. The number of carboxylic acid groups (broad SMARTS) is 1. The number of aromatic nitrogens is 1. The number of pyridine rings is 1. The third-order valence-corrected chi connectivity index (χ3v) is 4.65. The number of ether oxygens (including phenoxy) is 3. The number of rotatable bonds is 11. The number of carbonyl (C=O) groups is 1. The minimum absolute atomic E-state index is 0.0479. The third kappa shape index (κ3) is 8.19. The topological polar surface area (TPSA) is 98.1 Å². The molecule has 1 unspecified atom stereocenters. The van der Waals surface area contributed by atoms with Crippen LogP contribution in [0, 0.1) is 0 Å². The molecule has 34 heavy (non-hydrogen) atoms. The van der Waals surface area contributed by atoms with Crippen LogP contribution < -0.4 is 9.47 Å². The highest BCUT2D eigenvalue weighted by molar-refractivity contribution is 6.31. The Morgan fingerprint density at radius 2 is 1.94 bits per heavy atom. The molecule has 2 N–H and O–H groups in total. The lowest BCUT2D eigenvalue weighted by Gasteiger charge is -2.16. The molecular weight excluding hydrogens is 479 g/mol. The van der Waals surface area contributed by atoms with Crippen molar-refractivity contribution in [1.82, 2.24) is 4.98 Å². The predicted molar refractivity (Wildman–Crippen MR) is 119 cm³/mol. The molecule has 0 saturated carbocycles. The smallest absolute Gasteiger partial charge is 0.417 e. The van der Waals surface area contributed by atoms with Crippen LogP contribution in [-0.4, -0.2) is 46.6 Å². The van der Waals surface area contributed by atoms with Gasteiger partial charge in [0.15, 0.2) is 0 Å². The molecule has 1 heterocycles. The van der Waals surface area contributed by atoms with Gasteiger partial charge in [0.05, 0.1) is 18.3 Å².